The van der Waals surface area contributed by atoms with E-state index in [1.165, 1.54) is 37.9 Å². The van der Waals surface area contributed by atoms with Gasteiger partial charge < -0.3 is 9.88 Å². The molecular formula is C16H30N2. The Morgan fingerprint density at radius 2 is 2.06 bits per heavy atom. The maximum absolute atomic E-state index is 3.50. The van der Waals surface area contributed by atoms with Crippen molar-refractivity contribution < 1.29 is 0 Å². The van der Waals surface area contributed by atoms with E-state index < -0.39 is 0 Å². The number of aromatic nitrogens is 1. The molecular weight excluding hydrogens is 220 g/mol. The number of rotatable bonds is 9. The normalized spacial score (nSPS) is 14.7. The highest BCUT2D eigenvalue weighted by atomic mass is 15.0. The zero-order valence-corrected chi connectivity index (χ0v) is 12.6. The molecule has 18 heavy (non-hydrogen) atoms. The molecule has 0 aliphatic rings. The van der Waals surface area contributed by atoms with E-state index in [0.717, 1.165) is 12.5 Å². The minimum atomic E-state index is 0.452. The van der Waals surface area contributed by atoms with Gasteiger partial charge >= 0.3 is 0 Å². The molecule has 0 aliphatic heterocycles. The number of nitrogens with one attached hydrogen (secondary N) is 1. The Hall–Kier alpha value is -0.760. The second-order valence-electron chi connectivity index (χ2n) is 5.28. The molecule has 0 aromatic carbocycles. The molecule has 2 heteroatoms. The minimum absolute atomic E-state index is 0.452. The molecule has 1 rings (SSSR count). The average molecular weight is 250 g/mol. The highest BCUT2D eigenvalue weighted by molar-refractivity contribution is 5.11. The van der Waals surface area contributed by atoms with E-state index in [-0.39, 0.29) is 0 Å². The summed E-state index contributed by atoms with van der Waals surface area (Å²) >= 11 is 0. The summed E-state index contributed by atoms with van der Waals surface area (Å²) in [6, 6.07) is 4.88. The Morgan fingerprint density at radius 1 is 1.28 bits per heavy atom. The van der Waals surface area contributed by atoms with Crippen LogP contribution in [0.3, 0.4) is 0 Å². The van der Waals surface area contributed by atoms with Gasteiger partial charge in [-0.3, -0.25) is 0 Å². The first-order valence-electron chi connectivity index (χ1n) is 7.61. The van der Waals surface area contributed by atoms with E-state index in [0.29, 0.717) is 6.04 Å². The molecule has 0 spiro atoms. The van der Waals surface area contributed by atoms with Crippen molar-refractivity contribution in [1.29, 1.82) is 0 Å². The summed E-state index contributed by atoms with van der Waals surface area (Å²) in [5.41, 5.74) is 1.42. The van der Waals surface area contributed by atoms with Gasteiger partial charge in [-0.05, 0) is 37.9 Å². The van der Waals surface area contributed by atoms with Crippen LogP contribution in [0.25, 0.3) is 0 Å². The number of hydrogen-bond donors (Lipinski definition) is 1. The van der Waals surface area contributed by atoms with Gasteiger partial charge in [0.15, 0.2) is 0 Å². The maximum atomic E-state index is 3.50. The topological polar surface area (TPSA) is 17.0 Å². The van der Waals surface area contributed by atoms with Crippen molar-refractivity contribution in [2.75, 3.05) is 6.54 Å². The first kappa shape index (κ1) is 15.3. The zero-order valence-electron chi connectivity index (χ0n) is 12.6. The van der Waals surface area contributed by atoms with Crippen molar-refractivity contribution in [3.05, 3.63) is 24.0 Å². The van der Waals surface area contributed by atoms with Crippen LogP contribution in [-0.4, -0.2) is 11.1 Å². The van der Waals surface area contributed by atoms with Gasteiger partial charge in [0.05, 0.1) is 0 Å². The fourth-order valence-electron chi connectivity index (χ4n) is 2.59. The molecule has 0 aliphatic carbocycles. The Labute approximate surface area is 113 Å². The van der Waals surface area contributed by atoms with Crippen molar-refractivity contribution in [3.8, 4) is 0 Å². The molecule has 1 aromatic heterocycles. The summed E-state index contributed by atoms with van der Waals surface area (Å²) in [4.78, 5) is 0. The van der Waals surface area contributed by atoms with Crippen LogP contribution >= 0.6 is 0 Å². The quantitative estimate of drug-likeness (QED) is 0.688. The van der Waals surface area contributed by atoms with E-state index in [2.05, 4.69) is 55.9 Å². The molecule has 1 aromatic rings. The van der Waals surface area contributed by atoms with Gasteiger partial charge in [-0.2, -0.15) is 0 Å². The predicted molar refractivity (Wildman–Crippen MR) is 79.8 cm³/mol. The first-order valence-corrected chi connectivity index (χ1v) is 7.61. The lowest BCUT2D eigenvalue weighted by Crippen LogP contribution is -2.22. The number of hydrogen-bond acceptors (Lipinski definition) is 1. The highest BCUT2D eigenvalue weighted by Gasteiger charge is 2.12. The lowest BCUT2D eigenvalue weighted by molar-refractivity contribution is 0.379. The second-order valence-corrected chi connectivity index (χ2v) is 5.28. The van der Waals surface area contributed by atoms with Gasteiger partial charge in [0, 0.05) is 24.5 Å². The average Bonchev–Trinajstić information content (AvgIpc) is 2.82. The predicted octanol–water partition coefficient (Wildman–Crippen LogP) is 4.38. The lowest BCUT2D eigenvalue weighted by Gasteiger charge is -2.21. The molecule has 1 heterocycles. The summed E-state index contributed by atoms with van der Waals surface area (Å²) in [7, 11) is 0. The van der Waals surface area contributed by atoms with Gasteiger partial charge in [0.2, 0.25) is 0 Å². The second kappa shape index (κ2) is 8.36. The van der Waals surface area contributed by atoms with E-state index in [1.807, 2.05) is 0 Å². The number of nitrogens with zero attached hydrogens (tertiary/aromatic N) is 1. The summed E-state index contributed by atoms with van der Waals surface area (Å²) in [5.74, 6) is 0.824. The smallest absolute Gasteiger partial charge is 0.0446 e. The van der Waals surface area contributed by atoms with Gasteiger partial charge in [-0.25, -0.2) is 0 Å². The van der Waals surface area contributed by atoms with E-state index in [9.17, 15) is 0 Å². The summed E-state index contributed by atoms with van der Waals surface area (Å²) in [5, 5.41) is 3.50. The Balaban J connectivity index is 2.62. The third-order valence-electron chi connectivity index (χ3n) is 3.82. The molecule has 0 saturated heterocycles. The van der Waals surface area contributed by atoms with Crippen molar-refractivity contribution in [2.45, 2.75) is 66.0 Å². The molecule has 0 saturated carbocycles. The SMILES string of the molecule is CCCCC(CC)Cn1cccc1C(C)NCC. The van der Waals surface area contributed by atoms with E-state index in [1.54, 1.807) is 0 Å². The Morgan fingerprint density at radius 3 is 2.67 bits per heavy atom. The van der Waals surface area contributed by atoms with Crippen LogP contribution in [0.4, 0.5) is 0 Å². The van der Waals surface area contributed by atoms with Gasteiger partial charge in [0.25, 0.3) is 0 Å². The van der Waals surface area contributed by atoms with Crippen LogP contribution in [0.2, 0.25) is 0 Å². The third-order valence-corrected chi connectivity index (χ3v) is 3.82. The van der Waals surface area contributed by atoms with Crippen molar-refractivity contribution >= 4 is 0 Å². The number of unbranched alkanes of at least 4 members (excludes halogenated alkanes) is 1. The highest BCUT2D eigenvalue weighted by Crippen LogP contribution is 2.19. The monoisotopic (exact) mass is 250 g/mol. The fraction of sp³-hybridized carbons (Fsp3) is 0.750. The summed E-state index contributed by atoms with van der Waals surface area (Å²) in [6.45, 7) is 11.2. The molecule has 0 bridgehead atoms. The Kier molecular flexibility index (Phi) is 7.11. The first-order chi connectivity index (χ1) is 8.72. The molecule has 0 fully saturated rings. The minimum Gasteiger partial charge on any atom is -0.350 e. The molecule has 0 amide bonds. The molecule has 1 N–H and O–H groups in total. The Bertz CT molecular complexity index is 317. The van der Waals surface area contributed by atoms with Gasteiger partial charge in [-0.15, -0.1) is 0 Å². The molecule has 2 nitrogen and oxygen atoms in total. The van der Waals surface area contributed by atoms with Crippen molar-refractivity contribution in [2.24, 2.45) is 5.92 Å². The molecule has 2 atom stereocenters. The molecule has 2 unspecified atom stereocenters. The fourth-order valence-corrected chi connectivity index (χ4v) is 2.59. The molecule has 104 valence electrons. The van der Waals surface area contributed by atoms with Crippen LogP contribution in [0.5, 0.6) is 0 Å². The molecule has 0 radical (unpaired) electrons. The van der Waals surface area contributed by atoms with Gasteiger partial charge in [-0.1, -0.05) is 40.0 Å². The van der Waals surface area contributed by atoms with E-state index >= 15 is 0 Å². The van der Waals surface area contributed by atoms with Crippen LogP contribution in [-0.2, 0) is 6.54 Å². The summed E-state index contributed by atoms with van der Waals surface area (Å²) in [6.07, 6.45) is 7.55. The maximum Gasteiger partial charge on any atom is 0.0446 e. The standard InChI is InChI=1S/C16H30N2/c1-5-8-10-15(6-2)13-18-12-9-11-16(18)14(4)17-7-3/h9,11-12,14-15,17H,5-8,10,13H2,1-4H3. The van der Waals surface area contributed by atoms with E-state index in [4.69, 9.17) is 0 Å². The van der Waals surface area contributed by atoms with Crippen LogP contribution in [0.15, 0.2) is 18.3 Å². The largest absolute Gasteiger partial charge is 0.350 e. The summed E-state index contributed by atoms with van der Waals surface area (Å²) < 4.78 is 2.44. The van der Waals surface area contributed by atoms with Crippen molar-refractivity contribution in [3.63, 3.8) is 0 Å². The zero-order chi connectivity index (χ0) is 13.4. The third kappa shape index (κ3) is 4.49. The van der Waals surface area contributed by atoms with Gasteiger partial charge in [0.1, 0.15) is 0 Å². The van der Waals surface area contributed by atoms with Crippen LogP contribution in [0, 0.1) is 5.92 Å². The lowest BCUT2D eigenvalue weighted by atomic mass is 9.99. The van der Waals surface area contributed by atoms with Crippen LogP contribution < -0.4 is 5.32 Å². The van der Waals surface area contributed by atoms with Crippen molar-refractivity contribution in [1.82, 2.24) is 9.88 Å². The van der Waals surface area contributed by atoms with Crippen LogP contribution in [0.1, 0.15) is 65.1 Å².